The Morgan fingerprint density at radius 2 is 2.11 bits per heavy atom. The van der Waals surface area contributed by atoms with Crippen LogP contribution in [0.2, 0.25) is 0 Å². The Balaban J connectivity index is 2.30. The molecule has 1 rings (SSSR count). The van der Waals surface area contributed by atoms with Crippen LogP contribution in [0.25, 0.3) is 0 Å². The van der Waals surface area contributed by atoms with Gasteiger partial charge in [0.25, 0.3) is 0 Å². The van der Waals surface area contributed by atoms with Crippen LogP contribution >= 0.6 is 0 Å². The largest absolute Gasteiger partial charge is 0.367 e. The van der Waals surface area contributed by atoms with E-state index in [9.17, 15) is 0 Å². The standard InChI is InChI=1S/C6H13NO2/c1-4-2-3-5(7-4)6(8)9/h4-9H,2-3H2,1H3. The smallest absolute Gasteiger partial charge is 0.167 e. The molecule has 2 atom stereocenters. The molecule has 0 amide bonds. The maximum absolute atomic E-state index is 8.66. The van der Waals surface area contributed by atoms with Crippen LogP contribution in [0, 0.1) is 0 Å². The van der Waals surface area contributed by atoms with Crippen molar-refractivity contribution in [1.82, 2.24) is 5.32 Å². The van der Waals surface area contributed by atoms with Crippen molar-refractivity contribution in [2.24, 2.45) is 0 Å². The van der Waals surface area contributed by atoms with E-state index < -0.39 is 6.29 Å². The summed E-state index contributed by atoms with van der Waals surface area (Å²) in [5.74, 6) is 0. The molecule has 1 fully saturated rings. The summed E-state index contributed by atoms with van der Waals surface area (Å²) in [5.41, 5.74) is 0. The van der Waals surface area contributed by atoms with Crippen molar-refractivity contribution in [3.05, 3.63) is 0 Å². The van der Waals surface area contributed by atoms with E-state index >= 15 is 0 Å². The molecule has 0 bridgehead atoms. The summed E-state index contributed by atoms with van der Waals surface area (Å²) < 4.78 is 0. The third-order valence-corrected chi connectivity index (χ3v) is 1.77. The number of aliphatic hydroxyl groups excluding tert-OH is 1. The fraction of sp³-hybridized carbons (Fsp3) is 1.00. The summed E-state index contributed by atoms with van der Waals surface area (Å²) >= 11 is 0. The fourth-order valence-electron chi connectivity index (χ4n) is 1.20. The zero-order valence-corrected chi connectivity index (χ0v) is 5.54. The van der Waals surface area contributed by atoms with Crippen molar-refractivity contribution in [2.75, 3.05) is 0 Å². The number of hydrogen-bond donors (Lipinski definition) is 3. The first-order valence-corrected chi connectivity index (χ1v) is 3.32. The van der Waals surface area contributed by atoms with Gasteiger partial charge in [-0.2, -0.15) is 0 Å². The third kappa shape index (κ3) is 1.64. The topological polar surface area (TPSA) is 52.5 Å². The second-order valence-electron chi connectivity index (χ2n) is 2.67. The molecule has 3 nitrogen and oxygen atoms in total. The molecule has 2 unspecified atom stereocenters. The van der Waals surface area contributed by atoms with E-state index in [1.54, 1.807) is 0 Å². The highest BCUT2D eigenvalue weighted by molar-refractivity contribution is 4.81. The van der Waals surface area contributed by atoms with Gasteiger partial charge in [0.2, 0.25) is 0 Å². The van der Waals surface area contributed by atoms with Gasteiger partial charge < -0.3 is 15.5 Å². The van der Waals surface area contributed by atoms with E-state index in [0.29, 0.717) is 6.04 Å². The minimum atomic E-state index is -1.19. The predicted octanol–water partition coefficient (Wildman–Crippen LogP) is -0.562. The van der Waals surface area contributed by atoms with Gasteiger partial charge in [-0.1, -0.05) is 0 Å². The Morgan fingerprint density at radius 3 is 2.33 bits per heavy atom. The van der Waals surface area contributed by atoms with Gasteiger partial charge in [0.15, 0.2) is 6.29 Å². The van der Waals surface area contributed by atoms with Crippen LogP contribution in [-0.2, 0) is 0 Å². The highest BCUT2D eigenvalue weighted by Crippen LogP contribution is 2.12. The summed E-state index contributed by atoms with van der Waals surface area (Å²) in [4.78, 5) is 0. The molecule has 0 aromatic heterocycles. The lowest BCUT2D eigenvalue weighted by molar-refractivity contribution is -0.0632. The van der Waals surface area contributed by atoms with E-state index in [1.165, 1.54) is 0 Å². The van der Waals surface area contributed by atoms with Crippen LogP contribution in [0.3, 0.4) is 0 Å². The average molecular weight is 131 g/mol. The Labute approximate surface area is 54.7 Å². The first kappa shape index (κ1) is 6.99. The van der Waals surface area contributed by atoms with Gasteiger partial charge in [0.1, 0.15) is 0 Å². The summed E-state index contributed by atoms with van der Waals surface area (Å²) in [6.07, 6.45) is 0.733. The number of nitrogens with one attached hydrogen (secondary N) is 1. The Kier molecular flexibility index (Phi) is 2.05. The van der Waals surface area contributed by atoms with Crippen molar-refractivity contribution in [3.63, 3.8) is 0 Å². The Morgan fingerprint density at radius 1 is 1.44 bits per heavy atom. The monoisotopic (exact) mass is 131 g/mol. The lowest BCUT2D eigenvalue weighted by atomic mass is 10.2. The maximum Gasteiger partial charge on any atom is 0.167 e. The van der Waals surface area contributed by atoms with Gasteiger partial charge in [0, 0.05) is 6.04 Å². The minimum absolute atomic E-state index is 0.0972. The first-order valence-electron chi connectivity index (χ1n) is 3.32. The van der Waals surface area contributed by atoms with Gasteiger partial charge in [-0.15, -0.1) is 0 Å². The molecule has 0 spiro atoms. The Bertz CT molecular complexity index is 95.1. The zero-order valence-electron chi connectivity index (χ0n) is 5.54. The maximum atomic E-state index is 8.66. The molecule has 0 aromatic carbocycles. The van der Waals surface area contributed by atoms with E-state index in [4.69, 9.17) is 10.2 Å². The van der Waals surface area contributed by atoms with Gasteiger partial charge in [-0.25, -0.2) is 0 Å². The SMILES string of the molecule is CC1CCC(C(O)O)N1. The minimum Gasteiger partial charge on any atom is -0.367 e. The van der Waals surface area contributed by atoms with Crippen LogP contribution in [0.4, 0.5) is 0 Å². The summed E-state index contributed by atoms with van der Waals surface area (Å²) in [7, 11) is 0. The van der Waals surface area contributed by atoms with Crippen molar-refractivity contribution in [3.8, 4) is 0 Å². The number of rotatable bonds is 1. The molecule has 0 radical (unpaired) electrons. The molecule has 1 aliphatic rings. The van der Waals surface area contributed by atoms with E-state index in [-0.39, 0.29) is 6.04 Å². The van der Waals surface area contributed by atoms with Gasteiger partial charge >= 0.3 is 0 Å². The fourth-order valence-corrected chi connectivity index (χ4v) is 1.20. The van der Waals surface area contributed by atoms with E-state index in [1.807, 2.05) is 6.92 Å². The van der Waals surface area contributed by atoms with Crippen LogP contribution in [0.5, 0.6) is 0 Å². The highest BCUT2D eigenvalue weighted by atomic mass is 16.5. The Hall–Kier alpha value is -0.120. The highest BCUT2D eigenvalue weighted by Gasteiger charge is 2.24. The van der Waals surface area contributed by atoms with Crippen LogP contribution in [0.15, 0.2) is 0 Å². The van der Waals surface area contributed by atoms with Gasteiger partial charge in [-0.3, -0.25) is 0 Å². The van der Waals surface area contributed by atoms with Crippen LogP contribution in [-0.4, -0.2) is 28.6 Å². The van der Waals surface area contributed by atoms with E-state index in [0.717, 1.165) is 12.8 Å². The lowest BCUT2D eigenvalue weighted by Gasteiger charge is -2.12. The predicted molar refractivity (Wildman–Crippen MR) is 33.8 cm³/mol. The molecule has 3 N–H and O–H groups in total. The molecule has 1 saturated heterocycles. The second kappa shape index (κ2) is 2.64. The van der Waals surface area contributed by atoms with Gasteiger partial charge in [0.05, 0.1) is 6.04 Å². The molecule has 3 heteroatoms. The van der Waals surface area contributed by atoms with Crippen molar-refractivity contribution >= 4 is 0 Å². The number of hydrogen-bond acceptors (Lipinski definition) is 3. The molecular formula is C6H13NO2. The molecule has 54 valence electrons. The van der Waals surface area contributed by atoms with Crippen molar-refractivity contribution < 1.29 is 10.2 Å². The zero-order chi connectivity index (χ0) is 6.85. The van der Waals surface area contributed by atoms with Crippen LogP contribution in [0.1, 0.15) is 19.8 Å². The molecule has 1 heterocycles. The molecule has 9 heavy (non-hydrogen) atoms. The number of aliphatic hydroxyl groups is 2. The molecule has 0 saturated carbocycles. The van der Waals surface area contributed by atoms with Crippen molar-refractivity contribution in [2.45, 2.75) is 38.1 Å². The summed E-state index contributed by atoms with van der Waals surface area (Å²) in [6, 6.07) is 0.344. The summed E-state index contributed by atoms with van der Waals surface area (Å²) in [5, 5.41) is 20.4. The molecule has 0 aromatic rings. The average Bonchev–Trinajstić information content (AvgIpc) is 2.14. The van der Waals surface area contributed by atoms with Crippen molar-refractivity contribution in [1.29, 1.82) is 0 Å². The summed E-state index contributed by atoms with van der Waals surface area (Å²) in [6.45, 7) is 2.04. The second-order valence-corrected chi connectivity index (χ2v) is 2.67. The van der Waals surface area contributed by atoms with Gasteiger partial charge in [-0.05, 0) is 19.8 Å². The molecular weight excluding hydrogens is 118 g/mol. The first-order chi connectivity index (χ1) is 4.20. The molecule has 0 aliphatic carbocycles. The lowest BCUT2D eigenvalue weighted by Crippen LogP contribution is -2.37. The molecule has 1 aliphatic heterocycles. The van der Waals surface area contributed by atoms with Crippen LogP contribution < -0.4 is 5.32 Å². The normalized spacial score (nSPS) is 36.0. The third-order valence-electron chi connectivity index (χ3n) is 1.77. The quantitative estimate of drug-likeness (QED) is 0.418. The van der Waals surface area contributed by atoms with E-state index in [2.05, 4.69) is 5.32 Å².